The summed E-state index contributed by atoms with van der Waals surface area (Å²) in [6.07, 6.45) is 2.46. The largest absolute Gasteiger partial charge is 0.508 e. The summed E-state index contributed by atoms with van der Waals surface area (Å²) in [7, 11) is 0. The summed E-state index contributed by atoms with van der Waals surface area (Å²) in [5.74, 6) is 2.06. The monoisotopic (exact) mass is 509 g/mol. The number of phenols is 1. The number of nitrogens with zero attached hydrogens (tertiary/aromatic N) is 3. The number of ketones is 1. The molecule has 0 saturated heterocycles. The maximum absolute atomic E-state index is 13.3. The van der Waals surface area contributed by atoms with Gasteiger partial charge in [-0.1, -0.05) is 30.3 Å². The maximum Gasteiger partial charge on any atom is 0.416 e. The van der Waals surface area contributed by atoms with E-state index in [4.69, 9.17) is 0 Å². The van der Waals surface area contributed by atoms with Crippen molar-refractivity contribution in [1.29, 1.82) is 0 Å². The molecular weight excluding hydrogens is 479 g/mol. The third-order valence-electron chi connectivity index (χ3n) is 9.31. The predicted octanol–water partition coefficient (Wildman–Crippen LogP) is 6.41. The molecule has 3 aliphatic carbocycles. The van der Waals surface area contributed by atoms with E-state index in [-0.39, 0.29) is 11.3 Å². The van der Waals surface area contributed by atoms with Gasteiger partial charge in [-0.15, -0.1) is 5.10 Å². The van der Waals surface area contributed by atoms with Gasteiger partial charge in [0.2, 0.25) is 0 Å². The van der Waals surface area contributed by atoms with Gasteiger partial charge in [-0.3, -0.25) is 9.48 Å². The van der Waals surface area contributed by atoms with Gasteiger partial charge in [-0.2, -0.15) is 13.2 Å². The Balaban J connectivity index is 1.20. The Morgan fingerprint density at radius 2 is 2.00 bits per heavy atom. The molecule has 0 spiro atoms. The summed E-state index contributed by atoms with van der Waals surface area (Å²) in [5, 5.41) is 18.2. The van der Waals surface area contributed by atoms with E-state index in [9.17, 15) is 23.1 Å². The van der Waals surface area contributed by atoms with Crippen LogP contribution in [-0.4, -0.2) is 25.9 Å². The van der Waals surface area contributed by atoms with E-state index in [2.05, 4.69) is 23.3 Å². The second kappa shape index (κ2) is 8.71. The van der Waals surface area contributed by atoms with Crippen molar-refractivity contribution in [1.82, 2.24) is 15.0 Å². The number of aromatic nitrogens is 3. The smallest absolute Gasteiger partial charge is 0.416 e. The first kappa shape index (κ1) is 24.2. The van der Waals surface area contributed by atoms with Crippen LogP contribution in [-0.2, 0) is 23.9 Å². The third-order valence-corrected chi connectivity index (χ3v) is 9.31. The molecule has 3 aromatic rings. The Morgan fingerprint density at radius 3 is 2.81 bits per heavy atom. The van der Waals surface area contributed by atoms with Crippen LogP contribution in [0.3, 0.4) is 0 Å². The molecule has 0 bridgehead atoms. The molecule has 2 saturated carbocycles. The number of alkyl halides is 3. The molecule has 6 rings (SSSR count). The second-order valence-electron chi connectivity index (χ2n) is 11.3. The standard InChI is InChI=1S/C29H30F3N3O2/c1-28-11-9-23-22-8-6-21(36)14-17(22)5-7-24(23)27(28)19(15-26(28)37)10-12-35-16-25(33-34-35)18-3-2-4-20(13-18)29(30,31)32/h2-4,6,8,13-14,16,19,23-24,27,36H,5,7,9-12,15H2,1H3/t19-,23-,24?,27+,28-/m1/s1. The molecule has 0 radical (unpaired) electrons. The van der Waals surface area contributed by atoms with Crippen molar-refractivity contribution in [3.05, 3.63) is 65.4 Å². The minimum atomic E-state index is -4.41. The van der Waals surface area contributed by atoms with Crippen molar-refractivity contribution in [3.63, 3.8) is 0 Å². The molecule has 1 unspecified atom stereocenters. The Labute approximate surface area is 213 Å². The van der Waals surface area contributed by atoms with Crippen molar-refractivity contribution in [3.8, 4) is 17.0 Å². The van der Waals surface area contributed by atoms with Crippen LogP contribution in [0.5, 0.6) is 5.75 Å². The number of fused-ring (bicyclic) bond motifs is 5. The zero-order valence-electron chi connectivity index (χ0n) is 20.7. The minimum absolute atomic E-state index is 0.241. The van der Waals surface area contributed by atoms with Gasteiger partial charge in [0.05, 0.1) is 11.8 Å². The topological polar surface area (TPSA) is 68.0 Å². The number of halogens is 3. The fraction of sp³-hybridized carbons (Fsp3) is 0.483. The lowest BCUT2D eigenvalue weighted by atomic mass is 9.54. The van der Waals surface area contributed by atoms with Crippen LogP contribution >= 0.6 is 0 Å². The summed E-state index contributed by atoms with van der Waals surface area (Å²) < 4.78 is 41.0. The SMILES string of the molecule is C[C@]12CC[C@@H]3c4ccc(O)cc4CCC3[C@@H]1[C@H](CCn1cc(-c3cccc(C(F)(F)F)c3)nn1)CC2=O. The molecule has 1 heterocycles. The number of carbonyl (C=O) groups excluding carboxylic acids is 1. The molecule has 5 nitrogen and oxygen atoms in total. The van der Waals surface area contributed by atoms with Crippen LogP contribution < -0.4 is 0 Å². The summed E-state index contributed by atoms with van der Waals surface area (Å²) in [4.78, 5) is 13.3. The summed E-state index contributed by atoms with van der Waals surface area (Å²) >= 11 is 0. The quantitative estimate of drug-likeness (QED) is 0.441. The molecule has 1 aromatic heterocycles. The zero-order valence-corrected chi connectivity index (χ0v) is 20.7. The van der Waals surface area contributed by atoms with Crippen molar-refractivity contribution < 1.29 is 23.1 Å². The van der Waals surface area contributed by atoms with Crippen molar-refractivity contribution >= 4 is 5.78 Å². The van der Waals surface area contributed by atoms with Gasteiger partial charge in [0.15, 0.2) is 0 Å². The highest BCUT2D eigenvalue weighted by Crippen LogP contribution is 2.62. The molecule has 0 aliphatic heterocycles. The van der Waals surface area contributed by atoms with Crippen LogP contribution in [0.25, 0.3) is 11.3 Å². The van der Waals surface area contributed by atoms with Gasteiger partial charge < -0.3 is 5.11 Å². The molecule has 2 fully saturated rings. The highest BCUT2D eigenvalue weighted by Gasteiger charge is 2.58. The van der Waals surface area contributed by atoms with Gasteiger partial charge in [-0.25, -0.2) is 0 Å². The number of benzene rings is 2. The molecule has 37 heavy (non-hydrogen) atoms. The summed E-state index contributed by atoms with van der Waals surface area (Å²) in [6.45, 7) is 2.72. The molecule has 8 heteroatoms. The fourth-order valence-corrected chi connectivity index (χ4v) is 7.59. The number of carbonyl (C=O) groups is 1. The predicted molar refractivity (Wildman–Crippen MR) is 132 cm³/mol. The number of aromatic hydroxyl groups is 1. The highest BCUT2D eigenvalue weighted by molar-refractivity contribution is 5.87. The normalized spacial score (nSPS) is 29.0. The Kier molecular flexibility index (Phi) is 5.69. The molecule has 3 aliphatic rings. The number of Topliss-reactive ketones (excluding diaryl/α,β-unsaturated/α-hetero) is 1. The van der Waals surface area contributed by atoms with Crippen LogP contribution in [0.15, 0.2) is 48.7 Å². The first-order chi connectivity index (χ1) is 17.6. The minimum Gasteiger partial charge on any atom is -0.508 e. The Hall–Kier alpha value is -3.16. The number of phenolic OH excluding ortho intramolecular Hbond substituents is 1. The third kappa shape index (κ3) is 4.14. The molecule has 194 valence electrons. The maximum atomic E-state index is 13.3. The summed E-state index contributed by atoms with van der Waals surface area (Å²) in [5.41, 5.74) is 2.34. The lowest BCUT2D eigenvalue weighted by Crippen LogP contribution is -2.44. The van der Waals surface area contributed by atoms with Gasteiger partial charge >= 0.3 is 6.18 Å². The van der Waals surface area contributed by atoms with E-state index in [1.54, 1.807) is 23.0 Å². The van der Waals surface area contributed by atoms with Crippen molar-refractivity contribution in [2.45, 2.75) is 64.1 Å². The Bertz CT molecular complexity index is 1350. The van der Waals surface area contributed by atoms with Crippen molar-refractivity contribution in [2.75, 3.05) is 0 Å². The zero-order chi connectivity index (χ0) is 25.9. The van der Waals surface area contributed by atoms with Gasteiger partial charge in [0.1, 0.15) is 17.2 Å². The molecule has 0 amide bonds. The highest BCUT2D eigenvalue weighted by atomic mass is 19.4. The van der Waals surface area contributed by atoms with E-state index >= 15 is 0 Å². The van der Waals surface area contributed by atoms with E-state index in [1.807, 2.05) is 6.07 Å². The van der Waals surface area contributed by atoms with Gasteiger partial charge in [0, 0.05) is 23.9 Å². The molecule has 1 N–H and O–H groups in total. The first-order valence-electron chi connectivity index (χ1n) is 13.1. The van der Waals surface area contributed by atoms with E-state index in [0.29, 0.717) is 53.5 Å². The van der Waals surface area contributed by atoms with Crippen molar-refractivity contribution in [2.24, 2.45) is 23.2 Å². The average molecular weight is 510 g/mol. The summed E-state index contributed by atoms with van der Waals surface area (Å²) in [6, 6.07) is 10.9. The number of hydrogen-bond donors (Lipinski definition) is 1. The second-order valence-corrected chi connectivity index (χ2v) is 11.3. The van der Waals surface area contributed by atoms with Crippen LogP contribution in [0, 0.1) is 23.2 Å². The lowest BCUT2D eigenvalue weighted by Gasteiger charge is -2.50. The lowest BCUT2D eigenvalue weighted by molar-refractivity contribution is -0.137. The van der Waals surface area contributed by atoms with Crippen LogP contribution in [0.1, 0.15) is 61.6 Å². The fourth-order valence-electron chi connectivity index (χ4n) is 7.59. The van der Waals surface area contributed by atoms with E-state index in [1.165, 1.54) is 17.2 Å². The first-order valence-corrected chi connectivity index (χ1v) is 13.1. The molecule has 5 atom stereocenters. The van der Waals surface area contributed by atoms with Crippen LogP contribution in [0.2, 0.25) is 0 Å². The Morgan fingerprint density at radius 1 is 1.16 bits per heavy atom. The average Bonchev–Trinajstić information content (AvgIpc) is 3.44. The number of aryl methyl sites for hydroxylation is 2. The van der Waals surface area contributed by atoms with Gasteiger partial charge in [-0.05, 0) is 91.2 Å². The van der Waals surface area contributed by atoms with Gasteiger partial charge in [0.25, 0.3) is 0 Å². The van der Waals surface area contributed by atoms with E-state index in [0.717, 1.165) is 44.2 Å². The number of hydrogen-bond acceptors (Lipinski definition) is 4. The molecule has 2 aromatic carbocycles. The number of rotatable bonds is 4. The van der Waals surface area contributed by atoms with E-state index < -0.39 is 11.7 Å². The van der Waals surface area contributed by atoms with Crippen LogP contribution in [0.4, 0.5) is 13.2 Å². The molecular formula is C29H30F3N3O2.